The van der Waals surface area contributed by atoms with Crippen molar-refractivity contribution in [1.82, 2.24) is 15.8 Å². The van der Waals surface area contributed by atoms with Crippen LogP contribution in [-0.4, -0.2) is 23.5 Å². The first-order valence-electron chi connectivity index (χ1n) is 16.0. The second kappa shape index (κ2) is 16.1. The van der Waals surface area contributed by atoms with Crippen LogP contribution in [0.25, 0.3) is 11.1 Å². The van der Waals surface area contributed by atoms with E-state index in [2.05, 4.69) is 97.3 Å². The molecule has 1 aliphatic rings. The number of allylic oxidation sites excluding steroid dienone is 4. The number of hydrazine groups is 1. The fraction of sp³-hybridized carbons (Fsp3) is 0.395. The molecule has 2 N–H and O–H groups in total. The van der Waals surface area contributed by atoms with Crippen LogP contribution in [0.3, 0.4) is 0 Å². The highest BCUT2D eigenvalue weighted by atomic mass is 16.1. The van der Waals surface area contributed by atoms with Crippen molar-refractivity contribution in [3.8, 4) is 11.1 Å². The summed E-state index contributed by atoms with van der Waals surface area (Å²) in [6.07, 6.45) is 14.2. The van der Waals surface area contributed by atoms with Gasteiger partial charge in [-0.05, 0) is 60.1 Å². The van der Waals surface area contributed by atoms with Gasteiger partial charge in [0.1, 0.15) is 0 Å². The second-order valence-corrected chi connectivity index (χ2v) is 11.7. The van der Waals surface area contributed by atoms with Gasteiger partial charge in [0.05, 0.1) is 11.4 Å². The van der Waals surface area contributed by atoms with Gasteiger partial charge < -0.3 is 5.43 Å². The minimum Gasteiger partial charge on any atom is -0.320 e. The Bertz CT molecular complexity index is 1450. The monoisotopic (exact) mass is 576 g/mol. The smallest absolute Gasteiger partial charge is 0.162 e. The average Bonchev–Trinajstić information content (AvgIpc) is 3.22. The number of benzene rings is 2. The first-order valence-corrected chi connectivity index (χ1v) is 16.0. The van der Waals surface area contributed by atoms with Gasteiger partial charge in [-0.15, -0.1) is 0 Å². The number of rotatable bonds is 15. The summed E-state index contributed by atoms with van der Waals surface area (Å²) < 4.78 is 0. The Morgan fingerprint density at radius 3 is 2.49 bits per heavy atom. The number of pyridine rings is 1. The van der Waals surface area contributed by atoms with Crippen LogP contribution in [0, 0.1) is 12.8 Å². The molecule has 2 aromatic carbocycles. The van der Waals surface area contributed by atoms with Crippen LogP contribution in [0.5, 0.6) is 0 Å². The van der Waals surface area contributed by atoms with E-state index in [0.29, 0.717) is 12.8 Å². The summed E-state index contributed by atoms with van der Waals surface area (Å²) in [6, 6.07) is 21.0. The van der Waals surface area contributed by atoms with Crippen molar-refractivity contribution in [2.24, 2.45) is 10.9 Å². The molecule has 4 rings (SSSR count). The molecule has 226 valence electrons. The van der Waals surface area contributed by atoms with Gasteiger partial charge in [-0.25, -0.2) is 5.43 Å². The predicted octanol–water partition coefficient (Wildman–Crippen LogP) is 8.92. The molecule has 0 radical (unpaired) electrons. The molecule has 1 aliphatic heterocycles. The Labute approximate surface area is 258 Å². The van der Waals surface area contributed by atoms with Crippen LogP contribution in [0.4, 0.5) is 0 Å². The largest absolute Gasteiger partial charge is 0.320 e. The Morgan fingerprint density at radius 1 is 0.977 bits per heavy atom. The number of aryl methyl sites for hydroxylation is 1. The van der Waals surface area contributed by atoms with E-state index in [-0.39, 0.29) is 11.7 Å². The predicted molar refractivity (Wildman–Crippen MR) is 180 cm³/mol. The molecular weight excluding hydrogens is 528 g/mol. The fourth-order valence-electron chi connectivity index (χ4n) is 5.91. The van der Waals surface area contributed by atoms with Gasteiger partial charge in [-0.2, -0.15) is 0 Å². The second-order valence-electron chi connectivity index (χ2n) is 11.7. The molecule has 0 saturated carbocycles. The Hall–Kier alpha value is -3.83. The molecule has 0 spiro atoms. The Balaban J connectivity index is 1.48. The summed E-state index contributed by atoms with van der Waals surface area (Å²) in [4.78, 5) is 22.5. The Kier molecular flexibility index (Phi) is 12.0. The van der Waals surface area contributed by atoms with Crippen molar-refractivity contribution in [2.75, 3.05) is 7.05 Å². The zero-order valence-electron chi connectivity index (χ0n) is 26.6. The Morgan fingerprint density at radius 2 is 1.77 bits per heavy atom. The van der Waals surface area contributed by atoms with E-state index in [1.54, 1.807) is 0 Å². The first-order chi connectivity index (χ1) is 20.9. The molecule has 2 atom stereocenters. The van der Waals surface area contributed by atoms with Crippen molar-refractivity contribution in [1.29, 1.82) is 0 Å². The molecule has 0 amide bonds. The van der Waals surface area contributed by atoms with Gasteiger partial charge in [0.2, 0.25) is 0 Å². The van der Waals surface area contributed by atoms with Crippen molar-refractivity contribution >= 4 is 11.5 Å². The summed E-state index contributed by atoms with van der Waals surface area (Å²) in [6.45, 7) is 8.72. The van der Waals surface area contributed by atoms with Gasteiger partial charge in [0, 0.05) is 49.0 Å². The number of carbonyl (C=O) groups is 1. The first kappa shape index (κ1) is 32.1. The minimum absolute atomic E-state index is 0.104. The number of carbonyl (C=O) groups excluding carboxylic acids is 1. The van der Waals surface area contributed by atoms with E-state index in [0.717, 1.165) is 53.5 Å². The van der Waals surface area contributed by atoms with Crippen LogP contribution < -0.4 is 10.9 Å². The highest BCUT2D eigenvalue weighted by Gasteiger charge is 2.18. The van der Waals surface area contributed by atoms with Crippen molar-refractivity contribution in [2.45, 2.75) is 85.0 Å². The van der Waals surface area contributed by atoms with E-state index in [4.69, 9.17) is 4.99 Å². The molecule has 1 aromatic heterocycles. The molecule has 0 aliphatic carbocycles. The number of aromatic nitrogens is 1. The molecule has 2 unspecified atom stereocenters. The molecule has 3 aromatic rings. The minimum atomic E-state index is 0.104. The molecule has 0 fully saturated rings. The summed E-state index contributed by atoms with van der Waals surface area (Å²) in [5.41, 5.74) is 15.9. The van der Waals surface area contributed by atoms with Gasteiger partial charge in [0.25, 0.3) is 0 Å². The number of Topliss-reactive ketones (excluding diaryl/α,β-unsaturated/α-hetero) is 1. The average molecular weight is 577 g/mol. The molecule has 43 heavy (non-hydrogen) atoms. The summed E-state index contributed by atoms with van der Waals surface area (Å²) in [7, 11) is 1.88. The van der Waals surface area contributed by atoms with E-state index >= 15 is 0 Å². The number of nitrogens with zero attached hydrogens (tertiary/aromatic N) is 2. The van der Waals surface area contributed by atoms with Crippen LogP contribution in [0.1, 0.15) is 98.8 Å². The number of nitrogens with one attached hydrogen (secondary N) is 2. The normalized spacial score (nSPS) is 14.7. The number of aliphatic imine (C=N–C) groups is 1. The zero-order valence-corrected chi connectivity index (χ0v) is 26.6. The van der Waals surface area contributed by atoms with Crippen molar-refractivity contribution in [3.05, 3.63) is 113 Å². The van der Waals surface area contributed by atoms with E-state index in [1.165, 1.54) is 41.5 Å². The molecule has 0 saturated heterocycles. The molecular formula is C38H48N4O. The number of hydrogen-bond acceptors (Lipinski definition) is 5. The van der Waals surface area contributed by atoms with Crippen LogP contribution in [0.2, 0.25) is 0 Å². The fourth-order valence-corrected chi connectivity index (χ4v) is 5.91. The quantitative estimate of drug-likeness (QED) is 0.140. The highest BCUT2D eigenvalue weighted by molar-refractivity contribution is 6.02. The maximum Gasteiger partial charge on any atom is 0.162 e. The molecule has 5 heteroatoms. The van der Waals surface area contributed by atoms with Gasteiger partial charge >= 0.3 is 0 Å². The third-order valence-electron chi connectivity index (χ3n) is 8.48. The van der Waals surface area contributed by atoms with Gasteiger partial charge in [-0.3, -0.25) is 14.8 Å². The van der Waals surface area contributed by atoms with Gasteiger partial charge in [0.15, 0.2) is 5.78 Å². The lowest BCUT2D eigenvalue weighted by Gasteiger charge is -2.17. The zero-order chi connectivity index (χ0) is 30.6. The van der Waals surface area contributed by atoms with E-state index in [1.807, 2.05) is 32.3 Å². The topological polar surface area (TPSA) is 66.4 Å². The van der Waals surface area contributed by atoms with E-state index < -0.39 is 0 Å². The maximum atomic E-state index is 12.9. The van der Waals surface area contributed by atoms with Crippen molar-refractivity contribution < 1.29 is 4.79 Å². The summed E-state index contributed by atoms with van der Waals surface area (Å²) >= 11 is 0. The molecule has 2 heterocycles. The SMILES string of the molecule is CCCC(CC)CCCC(=O)c1ccc(C(C)C2=CCC=C(NNC)C(Cc3cccc(-c4ccnc(C)c4)c3)=N2)cc1. The lowest BCUT2D eigenvalue weighted by molar-refractivity contribution is 0.0977. The summed E-state index contributed by atoms with van der Waals surface area (Å²) in [5.74, 6) is 1.09. The van der Waals surface area contributed by atoms with Crippen molar-refractivity contribution in [3.63, 3.8) is 0 Å². The van der Waals surface area contributed by atoms with Crippen LogP contribution in [0.15, 0.2) is 95.4 Å². The standard InChI is InChI=1S/C38H48N4O/c1-6-11-29(7-2)12-9-17-38(43)32-20-18-31(19-21-32)28(4)35-15-10-16-36(42-39-5)37(41-35)26-30-13-8-14-33(25-30)34-22-23-40-27(3)24-34/h8,13-16,18-25,28-29,39,42H,6-7,9-12,17,26H2,1-5H3. The molecule has 0 bridgehead atoms. The third kappa shape index (κ3) is 9.08. The lowest BCUT2D eigenvalue weighted by atomic mass is 9.92. The maximum absolute atomic E-state index is 12.9. The third-order valence-corrected chi connectivity index (χ3v) is 8.48. The highest BCUT2D eigenvalue weighted by Crippen LogP contribution is 2.29. The van der Waals surface area contributed by atoms with Crippen LogP contribution >= 0.6 is 0 Å². The van der Waals surface area contributed by atoms with Crippen LogP contribution in [-0.2, 0) is 6.42 Å². The van der Waals surface area contributed by atoms with Gasteiger partial charge in [-0.1, -0.05) is 107 Å². The lowest BCUT2D eigenvalue weighted by Crippen LogP contribution is -2.31. The summed E-state index contributed by atoms with van der Waals surface area (Å²) in [5, 5.41) is 0. The number of ketones is 1. The van der Waals surface area contributed by atoms with E-state index in [9.17, 15) is 4.79 Å². The molecule has 5 nitrogen and oxygen atoms in total. The number of hydrogen-bond donors (Lipinski definition) is 2.